The first-order chi connectivity index (χ1) is 17.9. The highest BCUT2D eigenvalue weighted by atomic mass is 19.3. The number of nitrogens with two attached hydrogens (primary N) is 1. The van der Waals surface area contributed by atoms with Gasteiger partial charge in [0.2, 0.25) is 11.8 Å². The van der Waals surface area contributed by atoms with Crippen molar-refractivity contribution in [2.45, 2.75) is 19.4 Å². The van der Waals surface area contributed by atoms with Gasteiger partial charge in [-0.05, 0) is 48.9 Å². The molecule has 0 aliphatic carbocycles. The lowest BCUT2D eigenvalue weighted by atomic mass is 9.99. The number of hydrogen-bond donors (Lipinski definition) is 1. The molecule has 2 fully saturated rings. The standard InChI is InChI=1S/C26H29F3N6O2/c1-16-12-18(13-21(31-16)24(28)29)22-23(17-2-4-19(27)5-3-17)32-26(30)33-25(22)37-11-10-34-6-8-35(9-7-34)20-14-36-15-20/h2-5,12-13,20,24H,6-11,14-15H2,1H3,(H2,30,32,33). The number of hydrogen-bond acceptors (Lipinski definition) is 8. The summed E-state index contributed by atoms with van der Waals surface area (Å²) in [5.74, 6) is -0.259. The van der Waals surface area contributed by atoms with E-state index in [0.717, 1.165) is 39.4 Å². The highest BCUT2D eigenvalue weighted by molar-refractivity contribution is 5.85. The molecule has 2 aliphatic heterocycles. The zero-order valence-electron chi connectivity index (χ0n) is 20.5. The van der Waals surface area contributed by atoms with E-state index in [1.807, 2.05) is 0 Å². The lowest BCUT2D eigenvalue weighted by Gasteiger charge is -2.42. The summed E-state index contributed by atoms with van der Waals surface area (Å²) in [5, 5.41) is 0. The summed E-state index contributed by atoms with van der Waals surface area (Å²) in [5.41, 5.74) is 7.82. The van der Waals surface area contributed by atoms with Crippen LogP contribution in [0.1, 0.15) is 17.8 Å². The molecule has 37 heavy (non-hydrogen) atoms. The van der Waals surface area contributed by atoms with Gasteiger partial charge in [0.25, 0.3) is 6.43 Å². The van der Waals surface area contributed by atoms with Crippen LogP contribution in [0.4, 0.5) is 19.1 Å². The molecule has 2 aromatic heterocycles. The normalized spacial score (nSPS) is 17.2. The second-order valence-corrected chi connectivity index (χ2v) is 9.26. The molecule has 1 aromatic carbocycles. The van der Waals surface area contributed by atoms with E-state index in [9.17, 15) is 13.2 Å². The van der Waals surface area contributed by atoms with Crippen LogP contribution in [0, 0.1) is 12.7 Å². The fourth-order valence-corrected chi connectivity index (χ4v) is 4.65. The van der Waals surface area contributed by atoms with Crippen LogP contribution in [-0.4, -0.2) is 83.3 Å². The third-order valence-electron chi connectivity index (χ3n) is 6.69. The van der Waals surface area contributed by atoms with Crippen LogP contribution in [0.5, 0.6) is 5.88 Å². The van der Waals surface area contributed by atoms with E-state index in [2.05, 4.69) is 24.8 Å². The molecule has 0 spiro atoms. The van der Waals surface area contributed by atoms with Gasteiger partial charge in [0, 0.05) is 44.0 Å². The Bertz CT molecular complexity index is 1230. The topological polar surface area (TPSA) is 89.6 Å². The van der Waals surface area contributed by atoms with Gasteiger partial charge in [0.05, 0.1) is 30.5 Å². The van der Waals surface area contributed by atoms with E-state index in [-0.39, 0.29) is 17.5 Å². The molecule has 2 aliphatic rings. The number of halogens is 3. The van der Waals surface area contributed by atoms with Crippen LogP contribution in [0.3, 0.4) is 0 Å². The molecule has 8 nitrogen and oxygen atoms in total. The predicted octanol–water partition coefficient (Wildman–Crippen LogP) is 3.57. The molecule has 0 unspecified atom stereocenters. The second-order valence-electron chi connectivity index (χ2n) is 9.26. The quantitative estimate of drug-likeness (QED) is 0.488. The summed E-state index contributed by atoms with van der Waals surface area (Å²) in [6, 6.07) is 9.21. The maximum atomic E-state index is 13.6. The number of pyridine rings is 1. The highest BCUT2D eigenvalue weighted by Crippen LogP contribution is 2.39. The third-order valence-corrected chi connectivity index (χ3v) is 6.69. The van der Waals surface area contributed by atoms with Crippen LogP contribution in [0.2, 0.25) is 0 Å². The number of aryl methyl sites for hydroxylation is 1. The van der Waals surface area contributed by atoms with Crippen LogP contribution < -0.4 is 10.5 Å². The number of alkyl halides is 2. The van der Waals surface area contributed by atoms with Crippen molar-refractivity contribution in [1.82, 2.24) is 24.8 Å². The Morgan fingerprint density at radius 1 is 1.03 bits per heavy atom. The Balaban J connectivity index is 1.42. The molecule has 0 radical (unpaired) electrons. The smallest absolute Gasteiger partial charge is 0.280 e. The van der Waals surface area contributed by atoms with Crippen molar-refractivity contribution in [2.24, 2.45) is 0 Å². The summed E-state index contributed by atoms with van der Waals surface area (Å²) >= 11 is 0. The van der Waals surface area contributed by atoms with Gasteiger partial charge in [0.15, 0.2) is 0 Å². The van der Waals surface area contributed by atoms with Crippen molar-refractivity contribution in [1.29, 1.82) is 0 Å². The monoisotopic (exact) mass is 514 g/mol. The number of rotatable bonds is 8. The number of nitrogen functional groups attached to an aromatic ring is 1. The zero-order chi connectivity index (χ0) is 25.9. The van der Waals surface area contributed by atoms with Gasteiger partial charge in [-0.25, -0.2) is 18.2 Å². The summed E-state index contributed by atoms with van der Waals surface area (Å²) in [7, 11) is 0. The molecule has 2 saturated heterocycles. The Kier molecular flexibility index (Phi) is 7.54. The minimum absolute atomic E-state index is 0.0331. The van der Waals surface area contributed by atoms with E-state index >= 15 is 0 Å². The number of piperazine rings is 1. The van der Waals surface area contributed by atoms with Crippen LogP contribution >= 0.6 is 0 Å². The molecule has 4 heterocycles. The molecular weight excluding hydrogens is 485 g/mol. The Hall–Kier alpha value is -3.28. The van der Waals surface area contributed by atoms with Crippen molar-refractivity contribution in [3.63, 3.8) is 0 Å². The fraction of sp³-hybridized carbons (Fsp3) is 0.423. The van der Waals surface area contributed by atoms with E-state index in [1.165, 1.54) is 18.2 Å². The average Bonchev–Trinajstić information content (AvgIpc) is 2.84. The second kappa shape index (κ2) is 11.0. The van der Waals surface area contributed by atoms with Crippen molar-refractivity contribution >= 4 is 5.95 Å². The molecular formula is C26H29F3N6O2. The van der Waals surface area contributed by atoms with Gasteiger partial charge in [-0.1, -0.05) is 0 Å². The molecule has 3 aromatic rings. The van der Waals surface area contributed by atoms with Crippen LogP contribution in [-0.2, 0) is 4.74 Å². The van der Waals surface area contributed by atoms with E-state index < -0.39 is 12.2 Å². The maximum Gasteiger partial charge on any atom is 0.280 e. The van der Waals surface area contributed by atoms with Crippen LogP contribution in [0.15, 0.2) is 36.4 Å². The van der Waals surface area contributed by atoms with Gasteiger partial charge in [0.1, 0.15) is 18.1 Å². The average molecular weight is 515 g/mol. The lowest BCUT2D eigenvalue weighted by Crippen LogP contribution is -2.56. The van der Waals surface area contributed by atoms with Gasteiger partial charge >= 0.3 is 0 Å². The van der Waals surface area contributed by atoms with E-state index in [1.54, 1.807) is 25.1 Å². The molecule has 0 bridgehead atoms. The van der Waals surface area contributed by atoms with Gasteiger partial charge in [-0.3, -0.25) is 14.8 Å². The largest absolute Gasteiger partial charge is 0.476 e. The molecule has 0 saturated carbocycles. The van der Waals surface area contributed by atoms with Crippen molar-refractivity contribution in [2.75, 3.05) is 58.3 Å². The van der Waals surface area contributed by atoms with E-state index in [0.29, 0.717) is 47.3 Å². The predicted molar refractivity (Wildman–Crippen MR) is 133 cm³/mol. The summed E-state index contributed by atoms with van der Waals surface area (Å²) < 4.78 is 52.2. The number of aromatic nitrogens is 3. The number of anilines is 1. The van der Waals surface area contributed by atoms with Gasteiger partial charge < -0.3 is 15.2 Å². The first kappa shape index (κ1) is 25.4. The number of benzene rings is 1. The number of ether oxygens (including phenoxy) is 2. The van der Waals surface area contributed by atoms with Gasteiger partial charge in [-0.15, -0.1) is 0 Å². The molecule has 0 atom stereocenters. The van der Waals surface area contributed by atoms with Gasteiger partial charge in [-0.2, -0.15) is 4.98 Å². The lowest BCUT2D eigenvalue weighted by molar-refractivity contribution is -0.0772. The zero-order valence-corrected chi connectivity index (χ0v) is 20.5. The minimum Gasteiger partial charge on any atom is -0.476 e. The Labute approximate surface area is 213 Å². The molecule has 0 amide bonds. The molecule has 2 N–H and O–H groups in total. The SMILES string of the molecule is Cc1cc(-c2c(OCCN3CCN(C4COC4)CC3)nc(N)nc2-c2ccc(F)cc2)cc(C(F)F)n1. The first-order valence-corrected chi connectivity index (χ1v) is 12.2. The highest BCUT2D eigenvalue weighted by Gasteiger charge is 2.29. The van der Waals surface area contributed by atoms with Crippen LogP contribution in [0.25, 0.3) is 22.4 Å². The Morgan fingerprint density at radius 2 is 1.76 bits per heavy atom. The summed E-state index contributed by atoms with van der Waals surface area (Å²) in [6.07, 6.45) is -2.75. The third kappa shape index (κ3) is 5.84. The minimum atomic E-state index is -2.75. The van der Waals surface area contributed by atoms with E-state index in [4.69, 9.17) is 15.2 Å². The molecule has 196 valence electrons. The van der Waals surface area contributed by atoms with Crippen molar-refractivity contribution in [3.05, 3.63) is 53.6 Å². The summed E-state index contributed by atoms with van der Waals surface area (Å²) in [4.78, 5) is 17.4. The molecule has 11 heteroatoms. The van der Waals surface area contributed by atoms with Crippen molar-refractivity contribution < 1.29 is 22.6 Å². The number of nitrogens with zero attached hydrogens (tertiary/aromatic N) is 5. The maximum absolute atomic E-state index is 13.6. The molecule has 5 rings (SSSR count). The van der Waals surface area contributed by atoms with Crippen molar-refractivity contribution in [3.8, 4) is 28.3 Å². The first-order valence-electron chi connectivity index (χ1n) is 12.2. The fourth-order valence-electron chi connectivity index (χ4n) is 4.65. The summed E-state index contributed by atoms with van der Waals surface area (Å²) in [6.45, 7) is 8.02. The Morgan fingerprint density at radius 3 is 2.41 bits per heavy atom.